The van der Waals surface area contributed by atoms with E-state index in [9.17, 15) is 9.90 Å². The summed E-state index contributed by atoms with van der Waals surface area (Å²) in [6, 6.07) is 14.2. The number of ether oxygens (including phenoxy) is 3. The van der Waals surface area contributed by atoms with E-state index in [-0.39, 0.29) is 12.2 Å². The van der Waals surface area contributed by atoms with E-state index >= 15 is 0 Å². The molecule has 0 unspecified atom stereocenters. The van der Waals surface area contributed by atoms with Crippen LogP contribution in [0, 0.1) is 0 Å². The fraction of sp³-hybridized carbons (Fsp3) is 0.167. The highest BCUT2D eigenvalue weighted by atomic mass is 16.5. The number of benzene rings is 2. The van der Waals surface area contributed by atoms with Crippen LogP contribution in [0.2, 0.25) is 0 Å². The molecular weight excluding hydrogens is 296 g/mol. The number of rotatable bonds is 6. The zero-order chi connectivity index (χ0) is 16.7. The molecule has 23 heavy (non-hydrogen) atoms. The van der Waals surface area contributed by atoms with Gasteiger partial charge in [-0.1, -0.05) is 30.3 Å². The van der Waals surface area contributed by atoms with Crippen molar-refractivity contribution in [2.24, 2.45) is 0 Å². The van der Waals surface area contributed by atoms with E-state index in [1.165, 1.54) is 20.5 Å². The average Bonchev–Trinajstić information content (AvgIpc) is 2.60. The molecule has 0 saturated heterocycles. The second-order valence-electron chi connectivity index (χ2n) is 4.66. The van der Waals surface area contributed by atoms with Gasteiger partial charge in [0.2, 0.25) is 0 Å². The molecule has 0 aromatic heterocycles. The van der Waals surface area contributed by atoms with E-state index in [1.807, 2.05) is 0 Å². The molecule has 2 aromatic carbocycles. The summed E-state index contributed by atoms with van der Waals surface area (Å²) in [5.74, 6) is 0.522. The normalized spacial score (nSPS) is 11.0. The maximum absolute atomic E-state index is 11.9. The standard InChI is InChI=1S/C18H18O5/c1-21-12-16(18(20)22-2)15-8-3-4-9-17(15)23-14-7-5-6-13(10-14)11-19/h3-10,12,19H,11H2,1-2H3. The number of hydrogen-bond acceptors (Lipinski definition) is 5. The van der Waals surface area contributed by atoms with Crippen LogP contribution in [-0.2, 0) is 20.9 Å². The molecule has 0 spiro atoms. The van der Waals surface area contributed by atoms with E-state index in [2.05, 4.69) is 0 Å². The van der Waals surface area contributed by atoms with Gasteiger partial charge in [-0.05, 0) is 23.8 Å². The summed E-state index contributed by atoms with van der Waals surface area (Å²) < 4.78 is 15.6. The zero-order valence-corrected chi connectivity index (χ0v) is 13.0. The Morgan fingerprint density at radius 1 is 1.13 bits per heavy atom. The lowest BCUT2D eigenvalue weighted by Crippen LogP contribution is -2.05. The molecule has 1 N–H and O–H groups in total. The molecule has 2 aromatic rings. The summed E-state index contributed by atoms with van der Waals surface area (Å²) >= 11 is 0. The van der Waals surface area contributed by atoms with Gasteiger partial charge in [-0.2, -0.15) is 0 Å². The van der Waals surface area contributed by atoms with E-state index < -0.39 is 5.97 Å². The van der Waals surface area contributed by atoms with Crippen molar-refractivity contribution in [1.29, 1.82) is 0 Å². The van der Waals surface area contributed by atoms with Crippen LogP contribution in [0.4, 0.5) is 0 Å². The Kier molecular flexibility index (Phi) is 5.77. The third-order valence-electron chi connectivity index (χ3n) is 3.13. The predicted octanol–water partition coefficient (Wildman–Crippen LogP) is 3.13. The van der Waals surface area contributed by atoms with Crippen molar-refractivity contribution >= 4 is 11.5 Å². The highest BCUT2D eigenvalue weighted by Crippen LogP contribution is 2.31. The monoisotopic (exact) mass is 314 g/mol. The Bertz CT molecular complexity index is 706. The minimum Gasteiger partial charge on any atom is -0.503 e. The van der Waals surface area contributed by atoms with Gasteiger partial charge in [0, 0.05) is 5.56 Å². The van der Waals surface area contributed by atoms with Crippen molar-refractivity contribution in [2.75, 3.05) is 14.2 Å². The molecule has 0 fully saturated rings. The van der Waals surface area contributed by atoms with E-state index in [1.54, 1.807) is 48.5 Å². The van der Waals surface area contributed by atoms with E-state index in [0.29, 0.717) is 17.1 Å². The fourth-order valence-corrected chi connectivity index (χ4v) is 2.06. The number of esters is 1. The van der Waals surface area contributed by atoms with Gasteiger partial charge in [0.25, 0.3) is 0 Å². The summed E-state index contributed by atoms with van der Waals surface area (Å²) in [5, 5.41) is 9.20. The number of carbonyl (C=O) groups excluding carboxylic acids is 1. The van der Waals surface area contributed by atoms with Crippen LogP contribution >= 0.6 is 0 Å². The molecule has 0 amide bonds. The third kappa shape index (κ3) is 4.11. The number of aliphatic hydroxyl groups excluding tert-OH is 1. The minimum atomic E-state index is -0.521. The van der Waals surface area contributed by atoms with E-state index in [4.69, 9.17) is 14.2 Å². The van der Waals surface area contributed by atoms with Crippen LogP contribution in [-0.4, -0.2) is 25.3 Å². The number of carbonyl (C=O) groups is 1. The highest BCUT2D eigenvalue weighted by Gasteiger charge is 2.18. The molecule has 0 heterocycles. The quantitative estimate of drug-likeness (QED) is 0.504. The number of para-hydroxylation sites is 1. The van der Waals surface area contributed by atoms with Crippen LogP contribution in [0.5, 0.6) is 11.5 Å². The summed E-state index contributed by atoms with van der Waals surface area (Å²) in [7, 11) is 2.76. The second-order valence-corrected chi connectivity index (χ2v) is 4.66. The molecule has 0 aliphatic heterocycles. The SMILES string of the molecule is COC=C(C(=O)OC)c1ccccc1Oc1cccc(CO)c1. The fourth-order valence-electron chi connectivity index (χ4n) is 2.06. The van der Waals surface area contributed by atoms with Crippen LogP contribution < -0.4 is 4.74 Å². The Balaban J connectivity index is 2.40. The molecule has 5 heteroatoms. The van der Waals surface area contributed by atoms with Crippen LogP contribution in [0.3, 0.4) is 0 Å². The first-order valence-corrected chi connectivity index (χ1v) is 6.98. The summed E-state index contributed by atoms with van der Waals surface area (Å²) in [4.78, 5) is 11.9. The smallest absolute Gasteiger partial charge is 0.341 e. The van der Waals surface area contributed by atoms with E-state index in [0.717, 1.165) is 5.56 Å². The molecule has 0 bridgehead atoms. The van der Waals surface area contributed by atoms with Gasteiger partial charge in [0.15, 0.2) is 0 Å². The molecular formula is C18H18O5. The van der Waals surface area contributed by atoms with Crippen LogP contribution in [0.1, 0.15) is 11.1 Å². The van der Waals surface area contributed by atoms with Gasteiger partial charge < -0.3 is 19.3 Å². The number of aliphatic hydroxyl groups is 1. The topological polar surface area (TPSA) is 65.0 Å². The van der Waals surface area contributed by atoms with Gasteiger partial charge in [0.1, 0.15) is 17.1 Å². The molecule has 0 atom stereocenters. The molecule has 0 saturated carbocycles. The van der Waals surface area contributed by atoms with Gasteiger partial charge in [-0.25, -0.2) is 4.79 Å². The average molecular weight is 314 g/mol. The lowest BCUT2D eigenvalue weighted by Gasteiger charge is -2.13. The van der Waals surface area contributed by atoms with Gasteiger partial charge in [-0.15, -0.1) is 0 Å². The maximum Gasteiger partial charge on any atom is 0.341 e. The van der Waals surface area contributed by atoms with Crippen LogP contribution in [0.25, 0.3) is 5.57 Å². The van der Waals surface area contributed by atoms with Gasteiger partial charge in [-0.3, -0.25) is 0 Å². The lowest BCUT2D eigenvalue weighted by atomic mass is 10.1. The van der Waals surface area contributed by atoms with Crippen molar-refractivity contribution in [3.63, 3.8) is 0 Å². The summed E-state index contributed by atoms with van der Waals surface area (Å²) in [5.41, 5.74) is 1.54. The Labute approximate surface area is 134 Å². The second kappa shape index (κ2) is 8.00. The molecule has 2 rings (SSSR count). The lowest BCUT2D eigenvalue weighted by molar-refractivity contribution is -0.133. The molecule has 0 radical (unpaired) electrons. The molecule has 0 aliphatic carbocycles. The number of hydrogen-bond donors (Lipinski definition) is 1. The van der Waals surface area contributed by atoms with Gasteiger partial charge in [0.05, 0.1) is 27.1 Å². The number of methoxy groups -OCH3 is 2. The first kappa shape index (κ1) is 16.6. The van der Waals surface area contributed by atoms with Crippen LogP contribution in [0.15, 0.2) is 54.8 Å². The first-order chi connectivity index (χ1) is 11.2. The largest absolute Gasteiger partial charge is 0.503 e. The minimum absolute atomic E-state index is 0.0736. The maximum atomic E-state index is 11.9. The Hall–Kier alpha value is -2.79. The predicted molar refractivity (Wildman–Crippen MR) is 85.9 cm³/mol. The Morgan fingerprint density at radius 2 is 1.91 bits per heavy atom. The molecule has 0 aliphatic rings. The first-order valence-electron chi connectivity index (χ1n) is 6.98. The Morgan fingerprint density at radius 3 is 2.61 bits per heavy atom. The van der Waals surface area contributed by atoms with Crippen molar-refractivity contribution in [2.45, 2.75) is 6.61 Å². The molecule has 120 valence electrons. The third-order valence-corrected chi connectivity index (χ3v) is 3.13. The zero-order valence-electron chi connectivity index (χ0n) is 13.0. The van der Waals surface area contributed by atoms with Crippen molar-refractivity contribution in [3.05, 3.63) is 65.9 Å². The van der Waals surface area contributed by atoms with Crippen molar-refractivity contribution in [3.8, 4) is 11.5 Å². The van der Waals surface area contributed by atoms with Crippen molar-refractivity contribution in [1.82, 2.24) is 0 Å². The highest BCUT2D eigenvalue weighted by molar-refractivity contribution is 6.17. The molecule has 5 nitrogen and oxygen atoms in total. The summed E-state index contributed by atoms with van der Waals surface area (Å²) in [6.45, 7) is -0.0736. The summed E-state index contributed by atoms with van der Waals surface area (Å²) in [6.07, 6.45) is 1.32. The van der Waals surface area contributed by atoms with Crippen molar-refractivity contribution < 1.29 is 24.1 Å². The van der Waals surface area contributed by atoms with Gasteiger partial charge >= 0.3 is 5.97 Å².